The van der Waals surface area contributed by atoms with E-state index in [0.29, 0.717) is 32.5 Å². The summed E-state index contributed by atoms with van der Waals surface area (Å²) in [5.41, 5.74) is 6.78. The molecule has 0 aliphatic carbocycles. The summed E-state index contributed by atoms with van der Waals surface area (Å²) in [4.78, 5) is 13.2. The Morgan fingerprint density at radius 2 is 1.62 bits per heavy atom. The van der Waals surface area contributed by atoms with Gasteiger partial charge in [-0.1, -0.05) is 45.2 Å². The fraction of sp³-hybridized carbons (Fsp3) is 0.750. The van der Waals surface area contributed by atoms with E-state index in [1.54, 1.807) is 11.4 Å². The van der Waals surface area contributed by atoms with Crippen LogP contribution in [0.15, 0.2) is 24.3 Å². The van der Waals surface area contributed by atoms with Crippen LogP contribution in [0.2, 0.25) is 0 Å². The summed E-state index contributed by atoms with van der Waals surface area (Å²) in [6.45, 7) is 12.4. The smallest absolute Gasteiger partial charge is 0.219 e. The van der Waals surface area contributed by atoms with E-state index < -0.39 is 14.8 Å². The van der Waals surface area contributed by atoms with Crippen LogP contribution in [0.1, 0.15) is 64.9 Å². The Balaban J connectivity index is 0.00000153. The van der Waals surface area contributed by atoms with E-state index in [9.17, 15) is 8.42 Å². The average molecular weight is 539 g/mol. The molecule has 9 heteroatoms. The normalized spacial score (nSPS) is 19.6. The van der Waals surface area contributed by atoms with E-state index in [-0.39, 0.29) is 6.41 Å². The number of nitrogens with zero attached hydrogens (tertiary/aromatic N) is 3. The fourth-order valence-corrected chi connectivity index (χ4v) is 7.40. The first-order chi connectivity index (χ1) is 17.7. The Labute approximate surface area is 225 Å². The molecule has 8 nitrogen and oxygen atoms in total. The minimum atomic E-state index is -3.32. The summed E-state index contributed by atoms with van der Waals surface area (Å²) in [5, 5.41) is 0. The molecule has 0 bridgehead atoms. The zero-order valence-electron chi connectivity index (χ0n) is 23.5. The van der Waals surface area contributed by atoms with E-state index in [2.05, 4.69) is 53.6 Å². The van der Waals surface area contributed by atoms with Crippen molar-refractivity contribution in [3.8, 4) is 0 Å². The van der Waals surface area contributed by atoms with Gasteiger partial charge in [-0.25, -0.2) is 8.42 Å². The van der Waals surface area contributed by atoms with Crippen LogP contribution in [0.5, 0.6) is 0 Å². The lowest BCUT2D eigenvalue weighted by molar-refractivity contribution is -0.106. The highest BCUT2D eigenvalue weighted by Gasteiger charge is 2.45. The van der Waals surface area contributed by atoms with Crippen molar-refractivity contribution >= 4 is 22.1 Å². The molecular formula is C28H50N4O4S. The fourth-order valence-electron chi connectivity index (χ4n) is 5.43. The van der Waals surface area contributed by atoms with E-state index >= 15 is 0 Å². The number of primary amides is 1. The maximum Gasteiger partial charge on any atom is 0.219 e. The summed E-state index contributed by atoms with van der Waals surface area (Å²) in [6.07, 6.45) is 7.91. The van der Waals surface area contributed by atoms with Gasteiger partial charge >= 0.3 is 0 Å². The summed E-state index contributed by atoms with van der Waals surface area (Å²) in [6, 6.07) is 8.96. The summed E-state index contributed by atoms with van der Waals surface area (Å²) in [5.74, 6) is 0.833. The summed E-state index contributed by atoms with van der Waals surface area (Å²) >= 11 is 0. The lowest BCUT2D eigenvalue weighted by atomic mass is 9.93. The first-order valence-electron chi connectivity index (χ1n) is 13.9. The van der Waals surface area contributed by atoms with Crippen LogP contribution in [0.3, 0.4) is 0 Å². The number of sulfonamides is 1. The molecule has 37 heavy (non-hydrogen) atoms. The van der Waals surface area contributed by atoms with Crippen LogP contribution < -0.4 is 10.6 Å². The highest BCUT2D eigenvalue weighted by atomic mass is 32.2. The number of anilines is 1. The minimum Gasteiger partial charge on any atom is -0.383 e. The van der Waals surface area contributed by atoms with Crippen LogP contribution in [0.4, 0.5) is 5.69 Å². The van der Waals surface area contributed by atoms with Crippen molar-refractivity contribution in [1.82, 2.24) is 9.21 Å². The average Bonchev–Trinajstić information content (AvgIpc) is 2.91. The van der Waals surface area contributed by atoms with Gasteiger partial charge in [-0.15, -0.1) is 0 Å². The third-order valence-corrected chi connectivity index (χ3v) is 10.8. The monoisotopic (exact) mass is 538 g/mol. The molecule has 1 atom stereocenters. The highest BCUT2D eigenvalue weighted by molar-refractivity contribution is 7.90. The topological polar surface area (TPSA) is 96.2 Å². The van der Waals surface area contributed by atoms with E-state index in [4.69, 9.17) is 9.53 Å². The number of ether oxygens (including phenoxy) is 1. The first-order valence-corrected chi connectivity index (χ1v) is 15.4. The number of aryl methyl sites for hydroxylation is 1. The molecule has 0 radical (unpaired) electrons. The molecule has 0 saturated carbocycles. The highest BCUT2D eigenvalue weighted by Crippen LogP contribution is 2.33. The van der Waals surface area contributed by atoms with E-state index in [1.807, 2.05) is 6.92 Å². The maximum absolute atomic E-state index is 13.5. The Bertz CT molecular complexity index is 878. The number of nitrogens with two attached hydrogens (primary N) is 1. The molecule has 2 aliphatic rings. The van der Waals surface area contributed by atoms with Gasteiger partial charge in [0.1, 0.15) is 0 Å². The van der Waals surface area contributed by atoms with E-state index in [1.165, 1.54) is 36.9 Å². The molecule has 2 aliphatic heterocycles. The van der Waals surface area contributed by atoms with Gasteiger partial charge in [-0.05, 0) is 69.3 Å². The lowest BCUT2D eigenvalue weighted by Gasteiger charge is -2.43. The molecule has 2 fully saturated rings. The molecule has 212 valence electrons. The maximum atomic E-state index is 13.5. The number of hydrogen-bond donors (Lipinski definition) is 1. The Morgan fingerprint density at radius 3 is 2.14 bits per heavy atom. The second-order valence-corrected chi connectivity index (χ2v) is 13.0. The Kier molecular flexibility index (Phi) is 13.4. The number of carbonyl (C=O) groups excluding carboxylic acids is 1. The summed E-state index contributed by atoms with van der Waals surface area (Å²) in [7, 11) is -1.60. The van der Waals surface area contributed by atoms with E-state index in [0.717, 1.165) is 45.1 Å². The molecule has 2 heterocycles. The molecule has 1 aromatic rings. The van der Waals surface area contributed by atoms with Crippen LogP contribution in [-0.2, 0) is 26.0 Å². The zero-order valence-corrected chi connectivity index (χ0v) is 24.3. The third-order valence-electron chi connectivity index (χ3n) is 8.14. The van der Waals surface area contributed by atoms with Gasteiger partial charge in [0.25, 0.3) is 0 Å². The van der Waals surface area contributed by atoms with Crippen molar-refractivity contribution in [3.05, 3.63) is 29.8 Å². The van der Waals surface area contributed by atoms with Crippen molar-refractivity contribution in [2.75, 3.05) is 64.4 Å². The first kappa shape index (κ1) is 31.5. The number of rotatable bonds is 12. The molecule has 1 unspecified atom stereocenters. The molecule has 2 N–H and O–H groups in total. The number of amides is 1. The number of likely N-dealkylation sites (tertiary alicyclic amines) is 1. The summed E-state index contributed by atoms with van der Waals surface area (Å²) < 4.78 is 33.3. The van der Waals surface area contributed by atoms with Gasteiger partial charge < -0.3 is 20.3 Å². The Morgan fingerprint density at radius 1 is 1.03 bits per heavy atom. The molecule has 0 spiro atoms. The second-order valence-electron chi connectivity index (χ2n) is 10.6. The van der Waals surface area contributed by atoms with Crippen LogP contribution in [0.25, 0.3) is 0 Å². The number of piperidine rings is 1. The van der Waals surface area contributed by atoms with Crippen LogP contribution in [-0.4, -0.2) is 88.3 Å². The predicted molar refractivity (Wildman–Crippen MR) is 152 cm³/mol. The van der Waals surface area contributed by atoms with Gasteiger partial charge in [0.2, 0.25) is 16.4 Å². The van der Waals surface area contributed by atoms with Crippen molar-refractivity contribution in [2.45, 2.75) is 70.5 Å². The van der Waals surface area contributed by atoms with Crippen molar-refractivity contribution in [2.24, 2.45) is 11.7 Å². The Hall–Kier alpha value is -1.68. The van der Waals surface area contributed by atoms with Gasteiger partial charge in [0, 0.05) is 45.5 Å². The van der Waals surface area contributed by atoms with Crippen LogP contribution >= 0.6 is 0 Å². The standard InChI is InChI=1S/C27H47N3O3S.CH3NO/c1-5-7-24(6-2)8-9-25-10-12-26(13-11-25)29-18-20-30(21-19-29)34(31,32)27(3)14-16-28(17-15-27)22-23-33-4;2-1-3/h10-13,24H,5-9,14-23H2,1-4H3;1H,(H2,2,3). The van der Waals surface area contributed by atoms with Gasteiger partial charge in [0.15, 0.2) is 0 Å². The number of carbonyl (C=O) groups is 1. The number of benzene rings is 1. The molecule has 3 rings (SSSR count). The molecule has 0 aromatic heterocycles. The van der Waals surface area contributed by atoms with Gasteiger partial charge in [0.05, 0.1) is 11.4 Å². The minimum absolute atomic E-state index is 0.250. The van der Waals surface area contributed by atoms with Crippen LogP contribution in [0, 0.1) is 5.92 Å². The predicted octanol–water partition coefficient (Wildman–Crippen LogP) is 3.50. The molecule has 2 saturated heterocycles. The SMILES string of the molecule is CCCC(CC)CCc1ccc(N2CCN(S(=O)(=O)C3(C)CCN(CCOC)CC3)CC2)cc1.NC=O. The largest absolute Gasteiger partial charge is 0.383 e. The number of methoxy groups -OCH3 is 1. The molecule has 1 amide bonds. The van der Waals surface area contributed by atoms with Gasteiger partial charge in [-0.2, -0.15) is 4.31 Å². The molecular weight excluding hydrogens is 488 g/mol. The van der Waals surface area contributed by atoms with Crippen molar-refractivity contribution in [1.29, 1.82) is 0 Å². The lowest BCUT2D eigenvalue weighted by Crippen LogP contribution is -2.57. The zero-order chi connectivity index (χ0) is 27.3. The molecule has 1 aromatic carbocycles. The third kappa shape index (κ3) is 8.94. The van der Waals surface area contributed by atoms with Crippen molar-refractivity contribution < 1.29 is 17.9 Å². The van der Waals surface area contributed by atoms with Gasteiger partial charge in [-0.3, -0.25) is 4.79 Å². The number of hydrogen-bond acceptors (Lipinski definition) is 6. The quantitative estimate of drug-likeness (QED) is 0.409. The number of piperazine rings is 1. The second kappa shape index (κ2) is 15.7. The van der Waals surface area contributed by atoms with Crippen molar-refractivity contribution in [3.63, 3.8) is 0 Å².